The Bertz CT molecular complexity index is 737. The standard InChI is InChI=1S/C35H60O6/c1-4-5-6-7-9-15-20-25-32(36)26-21-16-10-8-11-17-22-27-34(38)40-29-33(37)30-41-35(39)28-23-18-13-12-14-19-24-31(2)3/h8-9,11,15-16,20-21,25,31-33,36-37H,4-7,10,12-14,17-19,22-24,26-30H2,1-3H3/b11-8+,15-9-,21-16-,25-20-/t32-,33+/m1/s1. The molecule has 41 heavy (non-hydrogen) atoms. The molecule has 0 bridgehead atoms. The van der Waals surface area contributed by atoms with Crippen molar-refractivity contribution in [2.24, 2.45) is 5.92 Å². The molecule has 0 aromatic rings. The van der Waals surface area contributed by atoms with Gasteiger partial charge in [-0.05, 0) is 50.9 Å². The molecule has 6 heteroatoms. The maximum Gasteiger partial charge on any atom is 0.305 e. The number of hydrogen-bond acceptors (Lipinski definition) is 6. The molecule has 0 aromatic carbocycles. The molecule has 0 unspecified atom stereocenters. The van der Waals surface area contributed by atoms with E-state index in [1.165, 1.54) is 44.9 Å². The summed E-state index contributed by atoms with van der Waals surface area (Å²) in [5.74, 6) is 0.0870. The van der Waals surface area contributed by atoms with Crippen LogP contribution in [0.25, 0.3) is 0 Å². The number of aliphatic hydroxyl groups excluding tert-OH is 2. The summed E-state index contributed by atoms with van der Waals surface area (Å²) in [7, 11) is 0. The van der Waals surface area contributed by atoms with Crippen molar-refractivity contribution in [3.63, 3.8) is 0 Å². The van der Waals surface area contributed by atoms with Crippen molar-refractivity contribution >= 4 is 11.9 Å². The fraction of sp³-hybridized carbons (Fsp3) is 0.714. The van der Waals surface area contributed by atoms with E-state index in [9.17, 15) is 19.8 Å². The van der Waals surface area contributed by atoms with Crippen LogP contribution in [0.3, 0.4) is 0 Å². The smallest absolute Gasteiger partial charge is 0.305 e. The number of ether oxygens (including phenoxy) is 2. The van der Waals surface area contributed by atoms with Crippen LogP contribution in [-0.2, 0) is 19.1 Å². The molecule has 0 aromatic heterocycles. The molecule has 0 aliphatic heterocycles. The first kappa shape index (κ1) is 38.8. The van der Waals surface area contributed by atoms with Gasteiger partial charge in [-0.25, -0.2) is 0 Å². The lowest BCUT2D eigenvalue weighted by atomic mass is 10.0. The summed E-state index contributed by atoms with van der Waals surface area (Å²) in [6, 6.07) is 0. The van der Waals surface area contributed by atoms with Gasteiger partial charge >= 0.3 is 11.9 Å². The lowest BCUT2D eigenvalue weighted by Crippen LogP contribution is -2.25. The number of rotatable bonds is 27. The van der Waals surface area contributed by atoms with Crippen LogP contribution in [0.5, 0.6) is 0 Å². The number of hydrogen-bond donors (Lipinski definition) is 2. The highest BCUT2D eigenvalue weighted by Gasteiger charge is 2.12. The van der Waals surface area contributed by atoms with Crippen molar-refractivity contribution in [3.05, 3.63) is 48.6 Å². The number of esters is 2. The Hall–Kier alpha value is -2.18. The Morgan fingerprint density at radius 3 is 1.98 bits per heavy atom. The first-order chi connectivity index (χ1) is 19.8. The van der Waals surface area contributed by atoms with Crippen LogP contribution in [-0.4, -0.2) is 47.6 Å². The molecule has 236 valence electrons. The summed E-state index contributed by atoms with van der Waals surface area (Å²) in [4.78, 5) is 23.7. The zero-order chi connectivity index (χ0) is 30.4. The largest absolute Gasteiger partial charge is 0.463 e. The monoisotopic (exact) mass is 576 g/mol. The number of unbranched alkanes of at least 4 members (excludes halogenated alkanes) is 9. The molecule has 0 radical (unpaired) electrons. The van der Waals surface area contributed by atoms with Gasteiger partial charge in [0.15, 0.2) is 0 Å². The minimum atomic E-state index is -1.00. The van der Waals surface area contributed by atoms with Crippen LogP contribution in [0, 0.1) is 5.92 Å². The SMILES string of the molecule is CCCCC/C=C\C=C/[C@@H](O)C/C=C\C/C=C/CCCC(=O)OC[C@H](O)COC(=O)CCCCCCCCC(C)C. The third-order valence-electron chi connectivity index (χ3n) is 6.58. The summed E-state index contributed by atoms with van der Waals surface area (Å²) in [5.41, 5.74) is 0. The van der Waals surface area contributed by atoms with Crippen LogP contribution < -0.4 is 0 Å². The maximum atomic E-state index is 11.9. The van der Waals surface area contributed by atoms with Crippen molar-refractivity contribution < 1.29 is 29.3 Å². The second-order valence-electron chi connectivity index (χ2n) is 11.3. The van der Waals surface area contributed by atoms with Crippen LogP contribution in [0.1, 0.15) is 130 Å². The highest BCUT2D eigenvalue weighted by molar-refractivity contribution is 5.69. The lowest BCUT2D eigenvalue weighted by molar-refractivity contribution is -0.152. The second-order valence-corrected chi connectivity index (χ2v) is 11.3. The molecule has 0 spiro atoms. The molecular weight excluding hydrogens is 516 g/mol. The van der Waals surface area contributed by atoms with Crippen LogP contribution >= 0.6 is 0 Å². The van der Waals surface area contributed by atoms with E-state index in [-0.39, 0.29) is 31.6 Å². The third-order valence-corrected chi connectivity index (χ3v) is 6.58. The zero-order valence-electron chi connectivity index (χ0n) is 26.3. The molecule has 0 saturated carbocycles. The first-order valence-corrected chi connectivity index (χ1v) is 16.2. The number of carbonyl (C=O) groups excluding carboxylic acids is 2. The van der Waals surface area contributed by atoms with Gasteiger partial charge in [0.2, 0.25) is 0 Å². The fourth-order valence-corrected chi connectivity index (χ4v) is 4.05. The second kappa shape index (κ2) is 29.3. The molecule has 0 heterocycles. The van der Waals surface area contributed by atoms with E-state index in [2.05, 4.69) is 26.8 Å². The van der Waals surface area contributed by atoms with Crippen molar-refractivity contribution in [2.45, 2.75) is 142 Å². The predicted molar refractivity (Wildman–Crippen MR) is 169 cm³/mol. The van der Waals surface area contributed by atoms with E-state index in [0.717, 1.165) is 44.4 Å². The normalized spacial score (nSPS) is 13.7. The van der Waals surface area contributed by atoms with E-state index in [4.69, 9.17) is 9.47 Å². The molecule has 0 aliphatic carbocycles. The van der Waals surface area contributed by atoms with Crippen LogP contribution in [0.15, 0.2) is 48.6 Å². The lowest BCUT2D eigenvalue weighted by Gasteiger charge is -2.12. The number of allylic oxidation sites excluding steroid dienone is 6. The first-order valence-electron chi connectivity index (χ1n) is 16.2. The Labute approximate surface area is 251 Å². The van der Waals surface area contributed by atoms with Gasteiger partial charge in [0.1, 0.15) is 19.3 Å². The average Bonchev–Trinajstić information content (AvgIpc) is 2.94. The van der Waals surface area contributed by atoms with Gasteiger partial charge in [0.05, 0.1) is 6.10 Å². The van der Waals surface area contributed by atoms with Crippen molar-refractivity contribution in [3.8, 4) is 0 Å². The van der Waals surface area contributed by atoms with E-state index >= 15 is 0 Å². The molecular formula is C35H60O6. The molecule has 0 amide bonds. The molecule has 0 fully saturated rings. The number of aliphatic hydroxyl groups is 2. The predicted octanol–water partition coefficient (Wildman–Crippen LogP) is 8.33. The van der Waals surface area contributed by atoms with Gasteiger partial charge < -0.3 is 19.7 Å². The number of carbonyl (C=O) groups is 2. The molecule has 0 aliphatic rings. The fourth-order valence-electron chi connectivity index (χ4n) is 4.05. The Kier molecular flexibility index (Phi) is 27.8. The third kappa shape index (κ3) is 30.6. The molecule has 0 rings (SSSR count). The Morgan fingerprint density at radius 2 is 1.29 bits per heavy atom. The quantitative estimate of drug-likeness (QED) is 0.0442. The average molecular weight is 577 g/mol. The van der Waals surface area contributed by atoms with Crippen LogP contribution in [0.4, 0.5) is 0 Å². The summed E-state index contributed by atoms with van der Waals surface area (Å²) >= 11 is 0. The minimum Gasteiger partial charge on any atom is -0.463 e. The minimum absolute atomic E-state index is 0.152. The highest BCUT2D eigenvalue weighted by atomic mass is 16.6. The van der Waals surface area contributed by atoms with Crippen molar-refractivity contribution in [1.82, 2.24) is 0 Å². The van der Waals surface area contributed by atoms with E-state index in [1.807, 2.05) is 36.5 Å². The van der Waals surface area contributed by atoms with Gasteiger partial charge in [0.25, 0.3) is 0 Å². The highest BCUT2D eigenvalue weighted by Crippen LogP contribution is 2.12. The van der Waals surface area contributed by atoms with Gasteiger partial charge in [-0.15, -0.1) is 0 Å². The van der Waals surface area contributed by atoms with Crippen LogP contribution in [0.2, 0.25) is 0 Å². The summed E-state index contributed by atoms with van der Waals surface area (Å²) in [6.07, 6.45) is 30.6. The van der Waals surface area contributed by atoms with Crippen molar-refractivity contribution in [1.29, 1.82) is 0 Å². The Balaban J connectivity index is 3.68. The van der Waals surface area contributed by atoms with E-state index < -0.39 is 12.2 Å². The molecule has 2 atom stereocenters. The van der Waals surface area contributed by atoms with Gasteiger partial charge in [0, 0.05) is 12.8 Å². The summed E-state index contributed by atoms with van der Waals surface area (Å²) in [6.45, 7) is 6.37. The summed E-state index contributed by atoms with van der Waals surface area (Å²) < 4.78 is 10.2. The van der Waals surface area contributed by atoms with Gasteiger partial charge in [-0.3, -0.25) is 9.59 Å². The maximum absolute atomic E-state index is 11.9. The van der Waals surface area contributed by atoms with Gasteiger partial charge in [-0.2, -0.15) is 0 Å². The zero-order valence-corrected chi connectivity index (χ0v) is 26.3. The topological polar surface area (TPSA) is 93.1 Å². The molecule has 6 nitrogen and oxygen atoms in total. The van der Waals surface area contributed by atoms with E-state index in [0.29, 0.717) is 19.3 Å². The van der Waals surface area contributed by atoms with E-state index in [1.54, 1.807) is 6.08 Å². The molecule has 2 N–H and O–H groups in total. The molecule has 0 saturated heterocycles. The van der Waals surface area contributed by atoms with Crippen molar-refractivity contribution in [2.75, 3.05) is 13.2 Å². The summed E-state index contributed by atoms with van der Waals surface area (Å²) in [5, 5.41) is 19.9. The van der Waals surface area contributed by atoms with Gasteiger partial charge in [-0.1, -0.05) is 121 Å². The Morgan fingerprint density at radius 1 is 0.683 bits per heavy atom.